The molecule has 1 N–H and O–H groups in total. The zero-order valence-electron chi connectivity index (χ0n) is 9.68. The van der Waals surface area contributed by atoms with Crippen LogP contribution in [0.3, 0.4) is 0 Å². The van der Waals surface area contributed by atoms with E-state index in [1.807, 2.05) is 5.32 Å². The zero-order chi connectivity index (χ0) is 14.9. The molecule has 0 radical (unpaired) electrons. The Morgan fingerprint density at radius 3 is 2.10 bits per heavy atom. The van der Waals surface area contributed by atoms with Crippen LogP contribution in [0.4, 0.5) is 23.2 Å². The molecule has 0 atom stereocenters. The summed E-state index contributed by atoms with van der Waals surface area (Å²) >= 11 is 1.72. The molecule has 0 aliphatic rings. The Morgan fingerprint density at radius 2 is 1.55 bits per heavy atom. The highest BCUT2D eigenvalue weighted by Crippen LogP contribution is 2.22. The van der Waals surface area contributed by atoms with E-state index in [9.17, 15) is 22.4 Å². The standard InChI is InChI=1S/C13H6F4INO/c14-6-1-2-8(11(18)5-6)13(20)19-12-9(16)3-7(15)4-10(12)17/h1-5H,(H,19,20). The van der Waals surface area contributed by atoms with E-state index in [4.69, 9.17) is 0 Å². The predicted molar refractivity (Wildman–Crippen MR) is 73.4 cm³/mol. The van der Waals surface area contributed by atoms with Crippen molar-refractivity contribution in [2.24, 2.45) is 0 Å². The first-order valence-corrected chi connectivity index (χ1v) is 6.37. The van der Waals surface area contributed by atoms with Gasteiger partial charge in [0, 0.05) is 15.7 Å². The van der Waals surface area contributed by atoms with Gasteiger partial charge in [-0.2, -0.15) is 0 Å². The Bertz CT molecular complexity index is 667. The predicted octanol–water partition coefficient (Wildman–Crippen LogP) is 4.10. The van der Waals surface area contributed by atoms with Crippen LogP contribution in [0.25, 0.3) is 0 Å². The molecule has 2 aromatic carbocycles. The molecule has 20 heavy (non-hydrogen) atoms. The van der Waals surface area contributed by atoms with Crippen molar-refractivity contribution < 1.29 is 22.4 Å². The van der Waals surface area contributed by atoms with Crippen molar-refractivity contribution in [3.8, 4) is 0 Å². The van der Waals surface area contributed by atoms with Crippen molar-refractivity contribution in [3.05, 3.63) is 62.7 Å². The van der Waals surface area contributed by atoms with E-state index in [0.717, 1.165) is 12.1 Å². The van der Waals surface area contributed by atoms with E-state index in [1.165, 1.54) is 6.07 Å². The van der Waals surface area contributed by atoms with Crippen molar-refractivity contribution in [1.29, 1.82) is 0 Å². The number of carbonyl (C=O) groups excluding carboxylic acids is 1. The highest BCUT2D eigenvalue weighted by molar-refractivity contribution is 14.1. The fraction of sp³-hybridized carbons (Fsp3) is 0. The monoisotopic (exact) mass is 395 g/mol. The number of benzene rings is 2. The van der Waals surface area contributed by atoms with Gasteiger partial charge in [-0.1, -0.05) is 0 Å². The average Bonchev–Trinajstić information content (AvgIpc) is 2.33. The molecule has 104 valence electrons. The van der Waals surface area contributed by atoms with Gasteiger partial charge in [-0.15, -0.1) is 0 Å². The van der Waals surface area contributed by atoms with E-state index in [2.05, 4.69) is 0 Å². The Labute approximate surface area is 124 Å². The van der Waals surface area contributed by atoms with Crippen LogP contribution in [0.1, 0.15) is 10.4 Å². The van der Waals surface area contributed by atoms with Crippen molar-refractivity contribution in [2.75, 3.05) is 5.32 Å². The molecule has 0 spiro atoms. The second kappa shape index (κ2) is 5.78. The van der Waals surface area contributed by atoms with E-state index in [-0.39, 0.29) is 9.13 Å². The summed E-state index contributed by atoms with van der Waals surface area (Å²) in [6.45, 7) is 0. The number of amides is 1. The van der Waals surface area contributed by atoms with Gasteiger partial charge in [0.2, 0.25) is 0 Å². The summed E-state index contributed by atoms with van der Waals surface area (Å²) in [5.41, 5.74) is -0.702. The Kier molecular flexibility index (Phi) is 4.26. The number of halogens is 5. The Balaban J connectivity index is 2.33. The van der Waals surface area contributed by atoms with Crippen LogP contribution in [0.15, 0.2) is 30.3 Å². The molecule has 2 aromatic rings. The number of anilines is 1. The maximum absolute atomic E-state index is 13.4. The highest BCUT2D eigenvalue weighted by Gasteiger charge is 2.17. The first-order chi connectivity index (χ1) is 9.38. The first-order valence-electron chi connectivity index (χ1n) is 5.29. The Morgan fingerprint density at radius 1 is 0.950 bits per heavy atom. The quantitative estimate of drug-likeness (QED) is 0.602. The lowest BCUT2D eigenvalue weighted by Gasteiger charge is -2.09. The van der Waals surface area contributed by atoms with Crippen LogP contribution >= 0.6 is 22.6 Å². The second-order valence-corrected chi connectivity index (χ2v) is 4.98. The Hall–Kier alpha value is -1.64. The van der Waals surface area contributed by atoms with Gasteiger partial charge in [0.25, 0.3) is 5.91 Å². The molecule has 0 fully saturated rings. The topological polar surface area (TPSA) is 29.1 Å². The number of rotatable bonds is 2. The van der Waals surface area contributed by atoms with Crippen molar-refractivity contribution >= 4 is 34.2 Å². The second-order valence-electron chi connectivity index (χ2n) is 3.82. The van der Waals surface area contributed by atoms with Gasteiger partial charge in [-0.3, -0.25) is 4.79 Å². The van der Waals surface area contributed by atoms with Crippen molar-refractivity contribution in [3.63, 3.8) is 0 Å². The van der Waals surface area contributed by atoms with E-state index < -0.39 is 34.9 Å². The summed E-state index contributed by atoms with van der Waals surface area (Å²) < 4.78 is 52.7. The van der Waals surface area contributed by atoms with Crippen LogP contribution in [0.5, 0.6) is 0 Å². The third-order valence-electron chi connectivity index (χ3n) is 2.42. The van der Waals surface area contributed by atoms with Crippen LogP contribution in [0, 0.1) is 26.8 Å². The third-order valence-corrected chi connectivity index (χ3v) is 3.31. The summed E-state index contributed by atoms with van der Waals surface area (Å²) in [7, 11) is 0. The maximum atomic E-state index is 13.4. The van der Waals surface area contributed by atoms with Gasteiger partial charge in [-0.25, -0.2) is 17.6 Å². The fourth-order valence-electron chi connectivity index (χ4n) is 1.52. The molecule has 2 rings (SSSR count). The lowest BCUT2D eigenvalue weighted by atomic mass is 10.2. The third kappa shape index (κ3) is 3.09. The maximum Gasteiger partial charge on any atom is 0.256 e. The molecule has 0 saturated carbocycles. The molecular weight excluding hydrogens is 389 g/mol. The zero-order valence-corrected chi connectivity index (χ0v) is 11.8. The van der Waals surface area contributed by atoms with Crippen molar-refractivity contribution in [1.82, 2.24) is 0 Å². The lowest BCUT2D eigenvalue weighted by molar-refractivity contribution is 0.102. The average molecular weight is 395 g/mol. The van der Waals surface area contributed by atoms with Crippen LogP contribution in [0.2, 0.25) is 0 Å². The van der Waals surface area contributed by atoms with E-state index in [1.54, 1.807) is 22.6 Å². The minimum absolute atomic E-state index is 0.0510. The van der Waals surface area contributed by atoms with Gasteiger partial charge < -0.3 is 5.32 Å². The van der Waals surface area contributed by atoms with Crippen molar-refractivity contribution in [2.45, 2.75) is 0 Å². The van der Waals surface area contributed by atoms with Crippen LogP contribution in [-0.4, -0.2) is 5.91 Å². The molecule has 0 bridgehead atoms. The highest BCUT2D eigenvalue weighted by atomic mass is 127. The molecule has 0 heterocycles. The normalized spacial score (nSPS) is 10.4. The summed E-state index contributed by atoms with van der Waals surface area (Å²) in [5, 5.41) is 2.00. The largest absolute Gasteiger partial charge is 0.317 e. The fourth-order valence-corrected chi connectivity index (χ4v) is 2.24. The van der Waals surface area contributed by atoms with E-state index in [0.29, 0.717) is 12.1 Å². The molecule has 0 aliphatic carbocycles. The summed E-state index contributed by atoms with van der Waals surface area (Å²) in [6.07, 6.45) is 0. The molecule has 0 aromatic heterocycles. The lowest BCUT2D eigenvalue weighted by Crippen LogP contribution is -2.16. The summed E-state index contributed by atoms with van der Waals surface area (Å²) in [6, 6.07) is 4.25. The molecular formula is C13H6F4INO. The first kappa shape index (κ1) is 14.8. The van der Waals surface area contributed by atoms with Crippen LogP contribution < -0.4 is 5.32 Å². The van der Waals surface area contributed by atoms with Crippen LogP contribution in [-0.2, 0) is 0 Å². The number of carbonyl (C=O) groups is 1. The molecule has 0 saturated heterocycles. The molecule has 2 nitrogen and oxygen atoms in total. The number of hydrogen-bond acceptors (Lipinski definition) is 1. The minimum Gasteiger partial charge on any atom is -0.317 e. The van der Waals surface area contributed by atoms with E-state index >= 15 is 0 Å². The minimum atomic E-state index is -1.23. The van der Waals surface area contributed by atoms with Gasteiger partial charge >= 0.3 is 0 Å². The van der Waals surface area contributed by atoms with Gasteiger partial charge in [0.15, 0.2) is 11.6 Å². The molecule has 7 heteroatoms. The van der Waals surface area contributed by atoms with Gasteiger partial charge in [0.1, 0.15) is 17.3 Å². The summed E-state index contributed by atoms with van der Waals surface area (Å²) in [5.74, 6) is -4.90. The van der Waals surface area contributed by atoms with Gasteiger partial charge in [-0.05, 0) is 40.8 Å². The molecule has 0 unspecified atom stereocenters. The molecule has 1 amide bonds. The SMILES string of the molecule is O=C(Nc1c(F)cc(F)cc1F)c1ccc(F)cc1I. The number of nitrogens with one attached hydrogen (secondary N) is 1. The summed E-state index contributed by atoms with van der Waals surface area (Å²) in [4.78, 5) is 11.9. The van der Waals surface area contributed by atoms with Gasteiger partial charge in [0.05, 0.1) is 5.56 Å². The smallest absolute Gasteiger partial charge is 0.256 e. The molecule has 0 aliphatic heterocycles. The number of hydrogen-bond donors (Lipinski definition) is 1.